The molecule has 1 aliphatic rings. The topological polar surface area (TPSA) is 65.5 Å². The lowest BCUT2D eigenvalue weighted by atomic mass is 10.1. The van der Waals surface area contributed by atoms with Gasteiger partial charge in [0.1, 0.15) is 5.82 Å². The zero-order valence-corrected chi connectivity index (χ0v) is 12.7. The SMILES string of the molecule is CCCC(O)CNc1ncccc1C(=O)N1CCCCC1. The van der Waals surface area contributed by atoms with Crippen molar-refractivity contribution in [2.75, 3.05) is 25.0 Å². The van der Waals surface area contributed by atoms with E-state index < -0.39 is 6.10 Å². The largest absolute Gasteiger partial charge is 0.391 e. The van der Waals surface area contributed by atoms with Crippen LogP contribution in [0.25, 0.3) is 0 Å². The van der Waals surface area contributed by atoms with Crippen LogP contribution in [0.1, 0.15) is 49.4 Å². The van der Waals surface area contributed by atoms with Crippen LogP contribution in [0.3, 0.4) is 0 Å². The lowest BCUT2D eigenvalue weighted by Gasteiger charge is -2.27. The lowest BCUT2D eigenvalue weighted by Crippen LogP contribution is -2.36. The van der Waals surface area contributed by atoms with Crippen LogP contribution in [-0.2, 0) is 0 Å². The van der Waals surface area contributed by atoms with Gasteiger partial charge in [-0.1, -0.05) is 13.3 Å². The number of hydrogen-bond acceptors (Lipinski definition) is 4. The third-order valence-corrected chi connectivity index (χ3v) is 3.81. The molecule has 0 bridgehead atoms. The molecule has 1 aromatic rings. The summed E-state index contributed by atoms with van der Waals surface area (Å²) in [6.45, 7) is 4.11. The summed E-state index contributed by atoms with van der Waals surface area (Å²) in [4.78, 5) is 18.7. The van der Waals surface area contributed by atoms with E-state index in [1.54, 1.807) is 18.3 Å². The van der Waals surface area contributed by atoms with Gasteiger partial charge >= 0.3 is 0 Å². The Bertz CT molecular complexity index is 459. The summed E-state index contributed by atoms with van der Waals surface area (Å²) in [5.41, 5.74) is 0.600. The minimum atomic E-state index is -0.407. The van der Waals surface area contributed by atoms with E-state index in [4.69, 9.17) is 0 Å². The Morgan fingerprint density at radius 3 is 2.90 bits per heavy atom. The number of carbonyl (C=O) groups is 1. The Morgan fingerprint density at radius 1 is 1.43 bits per heavy atom. The molecule has 1 atom stereocenters. The monoisotopic (exact) mass is 291 g/mol. The van der Waals surface area contributed by atoms with E-state index in [0.29, 0.717) is 17.9 Å². The van der Waals surface area contributed by atoms with Gasteiger partial charge in [-0.05, 0) is 37.8 Å². The zero-order chi connectivity index (χ0) is 15.1. The maximum Gasteiger partial charge on any atom is 0.257 e. The van der Waals surface area contributed by atoms with Crippen molar-refractivity contribution >= 4 is 11.7 Å². The molecular weight excluding hydrogens is 266 g/mol. The minimum Gasteiger partial charge on any atom is -0.391 e. The number of aliphatic hydroxyl groups excluding tert-OH is 1. The number of piperidine rings is 1. The maximum atomic E-state index is 12.6. The molecule has 116 valence electrons. The number of amides is 1. The Morgan fingerprint density at radius 2 is 2.19 bits per heavy atom. The van der Waals surface area contributed by atoms with Gasteiger partial charge in [-0.3, -0.25) is 4.79 Å². The van der Waals surface area contributed by atoms with E-state index in [1.807, 2.05) is 11.8 Å². The fourth-order valence-electron chi connectivity index (χ4n) is 2.64. The van der Waals surface area contributed by atoms with Crippen molar-refractivity contribution in [2.24, 2.45) is 0 Å². The third-order valence-electron chi connectivity index (χ3n) is 3.81. The zero-order valence-electron chi connectivity index (χ0n) is 12.7. The van der Waals surface area contributed by atoms with Crippen LogP contribution in [-0.4, -0.2) is 46.6 Å². The number of carbonyl (C=O) groups excluding carboxylic acids is 1. The molecule has 2 rings (SSSR count). The third kappa shape index (κ3) is 4.43. The molecule has 5 heteroatoms. The first kappa shape index (κ1) is 15.8. The van der Waals surface area contributed by atoms with Gasteiger partial charge in [-0.25, -0.2) is 4.98 Å². The molecule has 0 saturated carbocycles. The lowest BCUT2D eigenvalue weighted by molar-refractivity contribution is 0.0724. The van der Waals surface area contributed by atoms with Crippen molar-refractivity contribution in [1.82, 2.24) is 9.88 Å². The molecular formula is C16H25N3O2. The van der Waals surface area contributed by atoms with Gasteiger partial charge in [-0.15, -0.1) is 0 Å². The fraction of sp³-hybridized carbons (Fsp3) is 0.625. The van der Waals surface area contributed by atoms with Crippen LogP contribution >= 0.6 is 0 Å². The molecule has 0 aromatic carbocycles. The number of aliphatic hydroxyl groups is 1. The van der Waals surface area contributed by atoms with Crippen LogP contribution in [0.15, 0.2) is 18.3 Å². The molecule has 5 nitrogen and oxygen atoms in total. The highest BCUT2D eigenvalue weighted by Crippen LogP contribution is 2.18. The van der Waals surface area contributed by atoms with Crippen LogP contribution in [0.5, 0.6) is 0 Å². The number of anilines is 1. The number of aromatic nitrogens is 1. The van der Waals surface area contributed by atoms with Gasteiger partial charge in [0.2, 0.25) is 0 Å². The van der Waals surface area contributed by atoms with Gasteiger partial charge in [0.05, 0.1) is 11.7 Å². The fourth-order valence-corrected chi connectivity index (χ4v) is 2.64. The van der Waals surface area contributed by atoms with Gasteiger partial charge in [0.25, 0.3) is 5.91 Å². The minimum absolute atomic E-state index is 0.0373. The summed E-state index contributed by atoms with van der Waals surface area (Å²) in [5, 5.41) is 12.9. The summed E-state index contributed by atoms with van der Waals surface area (Å²) < 4.78 is 0. The first-order valence-electron chi connectivity index (χ1n) is 7.88. The predicted octanol–water partition coefficient (Wildman–Crippen LogP) is 2.28. The molecule has 1 aliphatic heterocycles. The first-order chi connectivity index (χ1) is 10.2. The molecule has 2 heterocycles. The Labute approximate surface area is 126 Å². The van der Waals surface area contributed by atoms with Gasteiger partial charge in [-0.2, -0.15) is 0 Å². The first-order valence-corrected chi connectivity index (χ1v) is 7.88. The van der Waals surface area contributed by atoms with Crippen molar-refractivity contribution in [3.05, 3.63) is 23.9 Å². The Balaban J connectivity index is 2.03. The summed E-state index contributed by atoms with van der Waals surface area (Å²) in [6.07, 6.45) is 6.29. The number of pyridine rings is 1. The molecule has 0 aliphatic carbocycles. The molecule has 1 saturated heterocycles. The highest BCUT2D eigenvalue weighted by molar-refractivity contribution is 5.98. The molecule has 2 N–H and O–H groups in total. The quantitative estimate of drug-likeness (QED) is 0.844. The summed E-state index contributed by atoms with van der Waals surface area (Å²) in [6, 6.07) is 3.59. The summed E-state index contributed by atoms with van der Waals surface area (Å²) in [5.74, 6) is 0.610. The highest BCUT2D eigenvalue weighted by Gasteiger charge is 2.21. The van der Waals surface area contributed by atoms with Crippen molar-refractivity contribution in [2.45, 2.75) is 45.1 Å². The summed E-state index contributed by atoms with van der Waals surface area (Å²) in [7, 11) is 0. The molecule has 1 unspecified atom stereocenters. The van der Waals surface area contributed by atoms with E-state index in [-0.39, 0.29) is 5.91 Å². The maximum absolute atomic E-state index is 12.6. The Hall–Kier alpha value is -1.62. The number of nitrogens with one attached hydrogen (secondary N) is 1. The van der Waals surface area contributed by atoms with E-state index >= 15 is 0 Å². The number of likely N-dealkylation sites (tertiary alicyclic amines) is 1. The molecule has 0 spiro atoms. The second-order valence-electron chi connectivity index (χ2n) is 5.58. The van der Waals surface area contributed by atoms with E-state index in [2.05, 4.69) is 10.3 Å². The average molecular weight is 291 g/mol. The number of hydrogen-bond donors (Lipinski definition) is 2. The van der Waals surface area contributed by atoms with Crippen LogP contribution in [0.4, 0.5) is 5.82 Å². The van der Waals surface area contributed by atoms with Crippen LogP contribution in [0.2, 0.25) is 0 Å². The second kappa shape index (κ2) is 7.98. The number of nitrogens with zero attached hydrogens (tertiary/aromatic N) is 2. The summed E-state index contributed by atoms with van der Waals surface area (Å²) >= 11 is 0. The molecule has 1 aromatic heterocycles. The van der Waals surface area contributed by atoms with Crippen LogP contribution < -0.4 is 5.32 Å². The van der Waals surface area contributed by atoms with E-state index in [9.17, 15) is 9.90 Å². The van der Waals surface area contributed by atoms with Crippen molar-refractivity contribution in [1.29, 1.82) is 0 Å². The van der Waals surface area contributed by atoms with Crippen molar-refractivity contribution < 1.29 is 9.90 Å². The Kier molecular flexibility index (Phi) is 5.99. The molecule has 1 fully saturated rings. The predicted molar refractivity (Wildman–Crippen MR) is 83.4 cm³/mol. The standard InChI is InChI=1S/C16H25N3O2/c1-2-7-13(20)12-18-15-14(8-6-9-17-15)16(21)19-10-4-3-5-11-19/h6,8-9,13,20H,2-5,7,10-12H2,1H3,(H,17,18). The van der Waals surface area contributed by atoms with Crippen molar-refractivity contribution in [3.63, 3.8) is 0 Å². The van der Waals surface area contributed by atoms with Gasteiger partial charge in [0, 0.05) is 25.8 Å². The highest BCUT2D eigenvalue weighted by atomic mass is 16.3. The number of rotatable bonds is 6. The van der Waals surface area contributed by atoms with Gasteiger partial charge < -0.3 is 15.3 Å². The second-order valence-corrected chi connectivity index (χ2v) is 5.58. The van der Waals surface area contributed by atoms with Gasteiger partial charge in [0.15, 0.2) is 0 Å². The smallest absolute Gasteiger partial charge is 0.257 e. The average Bonchev–Trinajstić information content (AvgIpc) is 2.54. The van der Waals surface area contributed by atoms with Crippen LogP contribution in [0, 0.1) is 0 Å². The molecule has 21 heavy (non-hydrogen) atoms. The van der Waals surface area contributed by atoms with Crippen molar-refractivity contribution in [3.8, 4) is 0 Å². The molecule has 0 radical (unpaired) electrons. The van der Waals surface area contributed by atoms with E-state index in [0.717, 1.165) is 38.8 Å². The van der Waals surface area contributed by atoms with E-state index in [1.165, 1.54) is 6.42 Å². The molecule has 1 amide bonds. The normalized spacial score (nSPS) is 16.6.